The molecule has 1 aromatic heterocycles. The lowest BCUT2D eigenvalue weighted by Gasteiger charge is -2.37. The summed E-state index contributed by atoms with van der Waals surface area (Å²) in [5.41, 5.74) is 1.20. The fourth-order valence-corrected chi connectivity index (χ4v) is 2.22. The van der Waals surface area contributed by atoms with Gasteiger partial charge in [0.05, 0.1) is 22.0 Å². The summed E-state index contributed by atoms with van der Waals surface area (Å²) in [5, 5.41) is 18.1. The SMILES string of the molecule is CCc1nn(C)c(CC2(O)CNC2)c1Cl. The van der Waals surface area contributed by atoms with E-state index in [1.165, 1.54) is 0 Å². The molecule has 0 unspecified atom stereocenters. The van der Waals surface area contributed by atoms with Crippen LogP contribution in [0.5, 0.6) is 0 Å². The maximum atomic E-state index is 10.0. The van der Waals surface area contributed by atoms with Gasteiger partial charge in [-0.15, -0.1) is 0 Å². The molecule has 1 aliphatic rings. The number of β-amino-alcohol motifs (C(OH)–C–C–N with tert-alkyl or cyclic N) is 1. The molecule has 0 saturated carbocycles. The highest BCUT2D eigenvalue weighted by Crippen LogP contribution is 2.26. The molecule has 0 bridgehead atoms. The third-order valence-corrected chi connectivity index (χ3v) is 3.34. The summed E-state index contributed by atoms with van der Waals surface area (Å²) >= 11 is 6.20. The average molecular weight is 230 g/mol. The smallest absolute Gasteiger partial charge is 0.0950 e. The summed E-state index contributed by atoms with van der Waals surface area (Å²) < 4.78 is 1.78. The van der Waals surface area contributed by atoms with Crippen molar-refractivity contribution >= 4 is 11.6 Å². The van der Waals surface area contributed by atoms with Crippen molar-refractivity contribution in [2.24, 2.45) is 7.05 Å². The van der Waals surface area contributed by atoms with Gasteiger partial charge < -0.3 is 10.4 Å². The Labute approximate surface area is 94.2 Å². The summed E-state index contributed by atoms with van der Waals surface area (Å²) in [5.74, 6) is 0. The van der Waals surface area contributed by atoms with Crippen molar-refractivity contribution in [1.29, 1.82) is 0 Å². The van der Waals surface area contributed by atoms with Crippen molar-refractivity contribution in [1.82, 2.24) is 15.1 Å². The molecule has 84 valence electrons. The highest BCUT2D eigenvalue weighted by Gasteiger charge is 2.36. The zero-order valence-electron chi connectivity index (χ0n) is 9.05. The minimum atomic E-state index is -0.636. The standard InChI is InChI=1S/C10H16ClN3O/c1-3-7-9(11)8(14(2)13-7)4-10(15)5-12-6-10/h12,15H,3-6H2,1-2H3. The van der Waals surface area contributed by atoms with Crippen molar-refractivity contribution < 1.29 is 5.11 Å². The van der Waals surface area contributed by atoms with Gasteiger partial charge in [-0.05, 0) is 6.42 Å². The van der Waals surface area contributed by atoms with Crippen LogP contribution in [0.2, 0.25) is 5.02 Å². The molecule has 2 heterocycles. The molecule has 1 aliphatic heterocycles. The Balaban J connectivity index is 2.23. The number of aryl methyl sites for hydroxylation is 2. The molecule has 0 amide bonds. The molecule has 2 N–H and O–H groups in total. The molecule has 0 radical (unpaired) electrons. The first-order chi connectivity index (χ1) is 7.06. The fourth-order valence-electron chi connectivity index (χ4n) is 1.86. The maximum Gasteiger partial charge on any atom is 0.0950 e. The van der Waals surface area contributed by atoms with E-state index >= 15 is 0 Å². The van der Waals surface area contributed by atoms with E-state index in [4.69, 9.17) is 11.6 Å². The van der Waals surface area contributed by atoms with E-state index in [1.54, 1.807) is 4.68 Å². The van der Waals surface area contributed by atoms with E-state index in [0.717, 1.165) is 17.8 Å². The third kappa shape index (κ3) is 1.89. The Morgan fingerprint density at radius 2 is 2.27 bits per heavy atom. The van der Waals surface area contributed by atoms with Crippen LogP contribution in [0, 0.1) is 0 Å². The molecular formula is C10H16ClN3O. The molecule has 4 nitrogen and oxygen atoms in total. The Hall–Kier alpha value is -0.580. The fraction of sp³-hybridized carbons (Fsp3) is 0.700. The van der Waals surface area contributed by atoms with E-state index in [1.807, 2.05) is 14.0 Å². The quantitative estimate of drug-likeness (QED) is 0.794. The van der Waals surface area contributed by atoms with Gasteiger partial charge in [-0.25, -0.2) is 0 Å². The second kappa shape index (κ2) is 3.77. The van der Waals surface area contributed by atoms with Crippen LogP contribution in [0.3, 0.4) is 0 Å². The molecule has 0 atom stereocenters. The highest BCUT2D eigenvalue weighted by molar-refractivity contribution is 6.31. The average Bonchev–Trinajstić information content (AvgIpc) is 2.42. The van der Waals surface area contributed by atoms with Crippen molar-refractivity contribution in [3.63, 3.8) is 0 Å². The number of halogens is 1. The predicted octanol–water partition coefficient (Wildman–Crippen LogP) is 0.513. The Bertz CT molecular complexity index is 371. The number of nitrogens with one attached hydrogen (secondary N) is 1. The lowest BCUT2D eigenvalue weighted by molar-refractivity contribution is -0.0105. The number of nitrogens with zero attached hydrogens (tertiary/aromatic N) is 2. The number of hydrogen-bond donors (Lipinski definition) is 2. The highest BCUT2D eigenvalue weighted by atomic mass is 35.5. The summed E-state index contributed by atoms with van der Waals surface area (Å²) in [4.78, 5) is 0. The topological polar surface area (TPSA) is 50.1 Å². The zero-order valence-corrected chi connectivity index (χ0v) is 9.80. The van der Waals surface area contributed by atoms with Crippen LogP contribution < -0.4 is 5.32 Å². The zero-order chi connectivity index (χ0) is 11.1. The number of hydrogen-bond acceptors (Lipinski definition) is 3. The Kier molecular flexibility index (Phi) is 2.75. The molecule has 2 rings (SSSR count). The molecule has 0 aromatic carbocycles. The third-order valence-electron chi connectivity index (χ3n) is 2.91. The largest absolute Gasteiger partial charge is 0.387 e. The van der Waals surface area contributed by atoms with E-state index in [0.29, 0.717) is 24.5 Å². The number of aliphatic hydroxyl groups is 1. The molecule has 1 fully saturated rings. The first-order valence-corrected chi connectivity index (χ1v) is 5.57. The van der Waals surface area contributed by atoms with Crippen LogP contribution in [0.25, 0.3) is 0 Å². The van der Waals surface area contributed by atoms with Gasteiger partial charge >= 0.3 is 0 Å². The van der Waals surface area contributed by atoms with Crippen molar-refractivity contribution in [3.8, 4) is 0 Å². The van der Waals surface area contributed by atoms with Crippen LogP contribution in [0.1, 0.15) is 18.3 Å². The van der Waals surface area contributed by atoms with Gasteiger partial charge in [0.1, 0.15) is 0 Å². The van der Waals surface area contributed by atoms with Crippen molar-refractivity contribution in [2.75, 3.05) is 13.1 Å². The summed E-state index contributed by atoms with van der Waals surface area (Å²) in [6.07, 6.45) is 1.39. The summed E-state index contributed by atoms with van der Waals surface area (Å²) in [6, 6.07) is 0. The molecule has 0 aliphatic carbocycles. The van der Waals surface area contributed by atoms with Crippen LogP contribution in [-0.4, -0.2) is 33.6 Å². The Morgan fingerprint density at radius 3 is 2.67 bits per heavy atom. The van der Waals surface area contributed by atoms with Gasteiger partial charge in [0.15, 0.2) is 0 Å². The van der Waals surface area contributed by atoms with E-state index < -0.39 is 5.60 Å². The molecule has 5 heteroatoms. The van der Waals surface area contributed by atoms with E-state index in [-0.39, 0.29) is 0 Å². The Morgan fingerprint density at radius 1 is 1.60 bits per heavy atom. The van der Waals surface area contributed by atoms with Gasteiger partial charge in [0.25, 0.3) is 0 Å². The van der Waals surface area contributed by atoms with Crippen molar-refractivity contribution in [2.45, 2.75) is 25.4 Å². The first-order valence-electron chi connectivity index (χ1n) is 5.19. The van der Waals surface area contributed by atoms with Gasteiger partial charge in [0.2, 0.25) is 0 Å². The van der Waals surface area contributed by atoms with Crippen LogP contribution in [0.4, 0.5) is 0 Å². The van der Waals surface area contributed by atoms with Gasteiger partial charge in [0, 0.05) is 26.6 Å². The van der Waals surface area contributed by atoms with Gasteiger partial charge in [-0.3, -0.25) is 4.68 Å². The summed E-state index contributed by atoms with van der Waals surface area (Å²) in [6.45, 7) is 3.30. The van der Waals surface area contributed by atoms with Crippen LogP contribution >= 0.6 is 11.6 Å². The lowest BCUT2D eigenvalue weighted by Crippen LogP contribution is -2.60. The maximum absolute atomic E-state index is 10.0. The van der Waals surface area contributed by atoms with E-state index in [2.05, 4.69) is 10.4 Å². The lowest BCUT2D eigenvalue weighted by atomic mass is 9.91. The number of aromatic nitrogens is 2. The summed E-state index contributed by atoms with van der Waals surface area (Å²) in [7, 11) is 1.87. The van der Waals surface area contributed by atoms with E-state index in [9.17, 15) is 5.11 Å². The minimum absolute atomic E-state index is 0.572. The molecule has 0 spiro atoms. The monoisotopic (exact) mass is 229 g/mol. The predicted molar refractivity (Wildman–Crippen MR) is 59.1 cm³/mol. The molecule has 1 aromatic rings. The van der Waals surface area contributed by atoms with Crippen LogP contribution in [0.15, 0.2) is 0 Å². The molecule has 1 saturated heterocycles. The van der Waals surface area contributed by atoms with Gasteiger partial charge in [-0.1, -0.05) is 18.5 Å². The van der Waals surface area contributed by atoms with Crippen LogP contribution in [-0.2, 0) is 19.9 Å². The molecule has 15 heavy (non-hydrogen) atoms. The van der Waals surface area contributed by atoms with Gasteiger partial charge in [-0.2, -0.15) is 5.10 Å². The minimum Gasteiger partial charge on any atom is -0.387 e. The second-order valence-corrected chi connectivity index (χ2v) is 4.57. The first kappa shape index (κ1) is 10.9. The second-order valence-electron chi connectivity index (χ2n) is 4.19. The van der Waals surface area contributed by atoms with Crippen molar-refractivity contribution in [3.05, 3.63) is 16.4 Å². The molecular weight excluding hydrogens is 214 g/mol. The normalized spacial score (nSPS) is 18.9. The number of rotatable bonds is 3.